The van der Waals surface area contributed by atoms with Crippen LogP contribution >= 0.6 is 0 Å². The van der Waals surface area contributed by atoms with Crippen LogP contribution in [0.5, 0.6) is 0 Å². The molecule has 6 rings (SSSR count). The molecule has 0 amide bonds. The lowest BCUT2D eigenvalue weighted by Gasteiger charge is -2.00. The van der Waals surface area contributed by atoms with Gasteiger partial charge in [0.15, 0.2) is 0 Å². The Balaban J connectivity index is 1.67. The van der Waals surface area contributed by atoms with Gasteiger partial charge in [-0.3, -0.25) is 0 Å². The van der Waals surface area contributed by atoms with E-state index in [1.807, 2.05) is 6.07 Å². The Morgan fingerprint density at radius 2 is 1.33 bits per heavy atom. The van der Waals surface area contributed by atoms with Crippen LogP contribution in [0, 0.1) is 0 Å². The van der Waals surface area contributed by atoms with Crippen LogP contribution in [0.25, 0.3) is 54.9 Å². The summed E-state index contributed by atoms with van der Waals surface area (Å²) in [7, 11) is 2.12. The molecule has 0 aliphatic rings. The van der Waals surface area contributed by atoms with Gasteiger partial charge in [0, 0.05) is 40.2 Å². The molecule has 2 aromatic heterocycles. The Bertz CT molecular complexity index is 1470. The summed E-state index contributed by atoms with van der Waals surface area (Å²) < 4.78 is 8.50. The molecule has 0 bridgehead atoms. The highest BCUT2D eigenvalue weighted by Crippen LogP contribution is 2.37. The lowest BCUT2D eigenvalue weighted by molar-refractivity contribution is 0.669. The third kappa shape index (κ3) is 2.01. The van der Waals surface area contributed by atoms with Crippen LogP contribution in [-0.4, -0.2) is 4.57 Å². The van der Waals surface area contributed by atoms with Gasteiger partial charge in [0.05, 0.1) is 5.52 Å². The smallest absolute Gasteiger partial charge is 0.137 e. The highest BCUT2D eigenvalue weighted by molar-refractivity contribution is 6.16. The number of para-hydroxylation sites is 1. The molecule has 6 aromatic rings. The average Bonchev–Trinajstić information content (AvgIpc) is 3.22. The van der Waals surface area contributed by atoms with Crippen molar-refractivity contribution in [2.24, 2.45) is 7.05 Å². The molecule has 2 heteroatoms. The van der Waals surface area contributed by atoms with Crippen molar-refractivity contribution in [3.05, 3.63) is 84.9 Å². The molecule has 0 fully saturated rings. The molecule has 0 aliphatic heterocycles. The number of hydrogen-bond acceptors (Lipinski definition) is 1. The second-order valence-corrected chi connectivity index (χ2v) is 7.12. The minimum Gasteiger partial charge on any atom is -0.456 e. The van der Waals surface area contributed by atoms with Gasteiger partial charge in [-0.2, -0.15) is 0 Å². The molecule has 0 saturated carbocycles. The quantitative estimate of drug-likeness (QED) is 0.316. The minimum atomic E-state index is 0.936. The Kier molecular flexibility index (Phi) is 2.84. The predicted molar refractivity (Wildman–Crippen MR) is 113 cm³/mol. The second-order valence-electron chi connectivity index (χ2n) is 7.12. The van der Waals surface area contributed by atoms with Crippen LogP contribution in [0.4, 0.5) is 0 Å². The monoisotopic (exact) mass is 347 g/mol. The molecule has 128 valence electrons. The van der Waals surface area contributed by atoms with Crippen molar-refractivity contribution in [2.45, 2.75) is 0 Å². The fourth-order valence-electron chi connectivity index (χ4n) is 4.24. The summed E-state index contributed by atoms with van der Waals surface area (Å²) in [6.45, 7) is 0. The molecule has 0 atom stereocenters. The molecule has 2 nitrogen and oxygen atoms in total. The van der Waals surface area contributed by atoms with Crippen LogP contribution in [0.2, 0.25) is 0 Å². The number of furan rings is 1. The number of benzene rings is 4. The van der Waals surface area contributed by atoms with E-state index in [1.54, 1.807) is 0 Å². The first-order valence-corrected chi connectivity index (χ1v) is 9.18. The average molecular weight is 347 g/mol. The van der Waals surface area contributed by atoms with Crippen molar-refractivity contribution >= 4 is 43.7 Å². The van der Waals surface area contributed by atoms with Gasteiger partial charge < -0.3 is 8.98 Å². The molecule has 0 unspecified atom stereocenters. The number of aromatic nitrogens is 1. The topological polar surface area (TPSA) is 18.1 Å². The maximum Gasteiger partial charge on any atom is 0.137 e. The fourth-order valence-corrected chi connectivity index (χ4v) is 4.24. The molecular formula is C25H17NO. The zero-order chi connectivity index (χ0) is 18.0. The maximum absolute atomic E-state index is 6.26. The summed E-state index contributed by atoms with van der Waals surface area (Å²) in [6.07, 6.45) is 0. The Labute approximate surface area is 156 Å². The fraction of sp³-hybridized carbons (Fsp3) is 0.0400. The normalized spacial score (nSPS) is 11.9. The van der Waals surface area contributed by atoms with E-state index >= 15 is 0 Å². The van der Waals surface area contributed by atoms with Crippen LogP contribution in [0.15, 0.2) is 89.3 Å². The van der Waals surface area contributed by atoms with Gasteiger partial charge in [-0.15, -0.1) is 0 Å². The summed E-state index contributed by atoms with van der Waals surface area (Å²) >= 11 is 0. The Morgan fingerprint density at radius 1 is 0.556 bits per heavy atom. The van der Waals surface area contributed by atoms with E-state index in [0.717, 1.165) is 11.2 Å². The third-order valence-electron chi connectivity index (χ3n) is 5.61. The van der Waals surface area contributed by atoms with E-state index in [0.29, 0.717) is 0 Å². The van der Waals surface area contributed by atoms with Gasteiger partial charge in [0.25, 0.3) is 0 Å². The number of rotatable bonds is 1. The van der Waals surface area contributed by atoms with Crippen LogP contribution in [0.1, 0.15) is 0 Å². The lowest BCUT2D eigenvalue weighted by atomic mass is 10.0. The minimum absolute atomic E-state index is 0.936. The summed E-state index contributed by atoms with van der Waals surface area (Å²) in [5.41, 5.74) is 6.70. The Morgan fingerprint density at radius 3 is 2.22 bits per heavy atom. The van der Waals surface area contributed by atoms with Crippen molar-refractivity contribution in [1.29, 1.82) is 0 Å². The standard InChI is InChI=1S/C25H17NO/c1-26-22-10-6-5-9-18(22)20-14-21-19-12-11-17(16-7-3-2-4-8-16)13-24(19)27-25(21)15-23(20)26/h2-15H,1H3. The van der Waals surface area contributed by atoms with Crippen molar-refractivity contribution < 1.29 is 4.42 Å². The number of hydrogen-bond donors (Lipinski definition) is 0. The number of aryl methyl sites for hydroxylation is 1. The largest absolute Gasteiger partial charge is 0.456 e. The van der Waals surface area contributed by atoms with E-state index in [1.165, 1.54) is 43.7 Å². The van der Waals surface area contributed by atoms with Crippen molar-refractivity contribution in [3.63, 3.8) is 0 Å². The number of fused-ring (bicyclic) bond motifs is 6. The molecule has 27 heavy (non-hydrogen) atoms. The summed E-state index contributed by atoms with van der Waals surface area (Å²) in [5.74, 6) is 0. The molecule has 0 aliphatic carbocycles. The summed E-state index contributed by atoms with van der Waals surface area (Å²) in [5, 5.41) is 4.90. The first-order valence-electron chi connectivity index (χ1n) is 9.18. The third-order valence-corrected chi connectivity index (χ3v) is 5.61. The van der Waals surface area contributed by atoms with Gasteiger partial charge in [-0.1, -0.05) is 54.6 Å². The van der Waals surface area contributed by atoms with Gasteiger partial charge in [-0.05, 0) is 35.4 Å². The van der Waals surface area contributed by atoms with E-state index in [9.17, 15) is 0 Å². The zero-order valence-electron chi connectivity index (χ0n) is 14.9. The van der Waals surface area contributed by atoms with Crippen LogP contribution < -0.4 is 0 Å². The predicted octanol–water partition coefficient (Wildman–Crippen LogP) is 6.90. The molecule has 0 N–H and O–H groups in total. The van der Waals surface area contributed by atoms with Crippen molar-refractivity contribution in [2.75, 3.05) is 0 Å². The summed E-state index contributed by atoms with van der Waals surface area (Å²) in [4.78, 5) is 0. The molecule has 0 saturated heterocycles. The molecule has 0 radical (unpaired) electrons. The Hall–Kier alpha value is -3.52. The first kappa shape index (κ1) is 14.6. The van der Waals surface area contributed by atoms with E-state index in [2.05, 4.69) is 90.5 Å². The van der Waals surface area contributed by atoms with Crippen LogP contribution in [-0.2, 0) is 7.05 Å². The highest BCUT2D eigenvalue weighted by atomic mass is 16.3. The van der Waals surface area contributed by atoms with Crippen molar-refractivity contribution in [1.82, 2.24) is 4.57 Å². The van der Waals surface area contributed by atoms with Gasteiger partial charge in [0.2, 0.25) is 0 Å². The lowest BCUT2D eigenvalue weighted by Crippen LogP contribution is -1.85. The van der Waals surface area contributed by atoms with Gasteiger partial charge in [-0.25, -0.2) is 0 Å². The van der Waals surface area contributed by atoms with Crippen molar-refractivity contribution in [3.8, 4) is 11.1 Å². The van der Waals surface area contributed by atoms with E-state index in [-0.39, 0.29) is 0 Å². The van der Waals surface area contributed by atoms with E-state index < -0.39 is 0 Å². The number of nitrogens with zero attached hydrogens (tertiary/aromatic N) is 1. The molecule has 2 heterocycles. The first-order chi connectivity index (χ1) is 13.3. The molecule has 4 aromatic carbocycles. The maximum atomic E-state index is 6.26. The zero-order valence-corrected chi connectivity index (χ0v) is 14.9. The van der Waals surface area contributed by atoms with Gasteiger partial charge >= 0.3 is 0 Å². The highest BCUT2D eigenvalue weighted by Gasteiger charge is 2.14. The van der Waals surface area contributed by atoms with Crippen LogP contribution in [0.3, 0.4) is 0 Å². The van der Waals surface area contributed by atoms with E-state index in [4.69, 9.17) is 4.42 Å². The molecular weight excluding hydrogens is 330 g/mol. The molecule has 0 spiro atoms. The second kappa shape index (κ2) is 5.24. The van der Waals surface area contributed by atoms with Gasteiger partial charge in [0.1, 0.15) is 11.2 Å². The summed E-state index contributed by atoms with van der Waals surface area (Å²) in [6, 6.07) is 29.9. The SMILES string of the molecule is Cn1c2ccccc2c2cc3c(cc21)oc1cc(-c2ccccc2)ccc13.